The summed E-state index contributed by atoms with van der Waals surface area (Å²) >= 11 is 6.62. The third-order valence-electron chi connectivity index (χ3n) is 4.49. The summed E-state index contributed by atoms with van der Waals surface area (Å²) in [7, 11) is 1.70. The van der Waals surface area contributed by atoms with E-state index in [9.17, 15) is 0 Å². The van der Waals surface area contributed by atoms with Gasteiger partial charge in [0.2, 0.25) is 0 Å². The van der Waals surface area contributed by atoms with Crippen LogP contribution in [0, 0.1) is 6.92 Å². The van der Waals surface area contributed by atoms with Crippen molar-refractivity contribution in [2.75, 3.05) is 26.8 Å². The molecule has 20 heavy (non-hydrogen) atoms. The van der Waals surface area contributed by atoms with Gasteiger partial charge in [0, 0.05) is 18.7 Å². The van der Waals surface area contributed by atoms with Crippen LogP contribution in [0.3, 0.4) is 0 Å². The molecule has 1 unspecified atom stereocenters. The lowest BCUT2D eigenvalue weighted by Crippen LogP contribution is -2.34. The Kier molecular flexibility index (Phi) is 4.20. The first-order valence-electron chi connectivity index (χ1n) is 7.44. The lowest BCUT2D eigenvalue weighted by Gasteiger charge is -2.30. The lowest BCUT2D eigenvalue weighted by atomic mass is 9.84. The summed E-state index contributed by atoms with van der Waals surface area (Å²) in [6.07, 6.45) is 4.70. The second-order valence-corrected chi connectivity index (χ2v) is 5.99. The molecular weight excluding hydrogens is 274 g/mol. The average molecular weight is 296 g/mol. The summed E-state index contributed by atoms with van der Waals surface area (Å²) in [5, 5.41) is 4.19. The van der Waals surface area contributed by atoms with Crippen molar-refractivity contribution in [3.8, 4) is 5.75 Å². The highest BCUT2D eigenvalue weighted by atomic mass is 35.5. The Labute approximate surface area is 125 Å². The van der Waals surface area contributed by atoms with E-state index in [0.717, 1.165) is 48.9 Å². The molecule has 0 bridgehead atoms. The number of halogens is 1. The van der Waals surface area contributed by atoms with Crippen molar-refractivity contribution in [2.24, 2.45) is 0 Å². The van der Waals surface area contributed by atoms with Gasteiger partial charge in [-0.25, -0.2) is 0 Å². The third-order valence-corrected chi connectivity index (χ3v) is 4.89. The van der Waals surface area contributed by atoms with Gasteiger partial charge in [-0.2, -0.15) is 0 Å². The van der Waals surface area contributed by atoms with Gasteiger partial charge >= 0.3 is 0 Å². The Morgan fingerprint density at radius 3 is 2.65 bits per heavy atom. The van der Waals surface area contributed by atoms with E-state index < -0.39 is 0 Å². The van der Waals surface area contributed by atoms with Crippen molar-refractivity contribution in [3.05, 3.63) is 27.3 Å². The van der Waals surface area contributed by atoms with Gasteiger partial charge in [-0.1, -0.05) is 11.6 Å². The number of methoxy groups -OCH3 is 1. The van der Waals surface area contributed by atoms with Crippen LogP contribution in [0.5, 0.6) is 5.75 Å². The predicted octanol–water partition coefficient (Wildman–Crippen LogP) is 3.20. The van der Waals surface area contributed by atoms with E-state index in [1.165, 1.54) is 29.5 Å². The Balaban J connectivity index is 2.14. The minimum absolute atomic E-state index is 0.0448. The molecule has 1 aromatic rings. The van der Waals surface area contributed by atoms with E-state index in [1.54, 1.807) is 7.11 Å². The van der Waals surface area contributed by atoms with E-state index in [-0.39, 0.29) is 6.10 Å². The van der Waals surface area contributed by atoms with Gasteiger partial charge in [-0.15, -0.1) is 0 Å². The van der Waals surface area contributed by atoms with E-state index in [1.807, 2.05) is 0 Å². The zero-order valence-electron chi connectivity index (χ0n) is 12.2. The molecule has 0 saturated carbocycles. The summed E-state index contributed by atoms with van der Waals surface area (Å²) in [5.41, 5.74) is 5.17. The van der Waals surface area contributed by atoms with Crippen LogP contribution in [0.25, 0.3) is 0 Å². The molecule has 1 heterocycles. The van der Waals surface area contributed by atoms with Crippen LogP contribution < -0.4 is 10.1 Å². The first-order chi connectivity index (χ1) is 9.74. The fraction of sp³-hybridized carbons (Fsp3) is 0.625. The molecule has 4 heteroatoms. The Bertz CT molecular complexity index is 510. The van der Waals surface area contributed by atoms with Crippen molar-refractivity contribution in [3.63, 3.8) is 0 Å². The van der Waals surface area contributed by atoms with Crippen LogP contribution in [0.15, 0.2) is 0 Å². The minimum Gasteiger partial charge on any atom is -0.495 e. The van der Waals surface area contributed by atoms with E-state index in [2.05, 4.69) is 12.2 Å². The molecule has 1 N–H and O–H groups in total. The van der Waals surface area contributed by atoms with E-state index in [0.29, 0.717) is 0 Å². The molecule has 1 atom stereocenters. The van der Waals surface area contributed by atoms with E-state index in [4.69, 9.17) is 21.1 Å². The molecule has 2 aliphatic rings. The molecular formula is C16H22ClNO2. The Hall–Kier alpha value is -0.770. The molecule has 0 aromatic heterocycles. The second kappa shape index (κ2) is 5.92. The molecule has 1 saturated heterocycles. The number of fused-ring (bicyclic) bond motifs is 1. The minimum atomic E-state index is 0.0448. The van der Waals surface area contributed by atoms with Gasteiger partial charge in [0.15, 0.2) is 0 Å². The second-order valence-electron chi connectivity index (χ2n) is 5.61. The smallest absolute Gasteiger partial charge is 0.143 e. The summed E-state index contributed by atoms with van der Waals surface area (Å²) in [6, 6.07) is 0. The maximum absolute atomic E-state index is 6.62. The zero-order chi connectivity index (χ0) is 14.1. The zero-order valence-corrected chi connectivity index (χ0v) is 13.0. The van der Waals surface area contributed by atoms with Crippen LogP contribution in [-0.4, -0.2) is 26.8 Å². The highest BCUT2D eigenvalue weighted by molar-refractivity contribution is 6.33. The molecule has 110 valence electrons. The monoisotopic (exact) mass is 295 g/mol. The fourth-order valence-electron chi connectivity index (χ4n) is 3.49. The number of hydrogen-bond donors (Lipinski definition) is 1. The number of rotatable bonds is 2. The molecule has 0 amide bonds. The van der Waals surface area contributed by atoms with Crippen LogP contribution in [-0.2, 0) is 17.6 Å². The largest absolute Gasteiger partial charge is 0.495 e. The molecule has 0 radical (unpaired) electrons. The van der Waals surface area contributed by atoms with Crippen molar-refractivity contribution in [1.82, 2.24) is 5.32 Å². The van der Waals surface area contributed by atoms with Gasteiger partial charge in [0.1, 0.15) is 5.75 Å². The van der Waals surface area contributed by atoms with Crippen LogP contribution >= 0.6 is 11.6 Å². The number of benzene rings is 1. The van der Waals surface area contributed by atoms with Gasteiger partial charge in [0.05, 0.1) is 24.8 Å². The SMILES string of the molecule is COc1c(Cl)c2c(c(C)c1C1CNCCO1)CCCC2. The normalized spacial score (nSPS) is 22.4. The molecule has 3 nitrogen and oxygen atoms in total. The topological polar surface area (TPSA) is 30.5 Å². The number of nitrogens with one attached hydrogen (secondary N) is 1. The summed E-state index contributed by atoms with van der Waals surface area (Å²) < 4.78 is 11.6. The highest BCUT2D eigenvalue weighted by Gasteiger charge is 2.28. The van der Waals surface area contributed by atoms with Crippen molar-refractivity contribution < 1.29 is 9.47 Å². The lowest BCUT2D eigenvalue weighted by molar-refractivity contribution is 0.0258. The van der Waals surface area contributed by atoms with Gasteiger partial charge in [0.25, 0.3) is 0 Å². The molecule has 3 rings (SSSR count). The highest BCUT2D eigenvalue weighted by Crippen LogP contribution is 2.44. The Morgan fingerprint density at radius 2 is 2.00 bits per heavy atom. The molecule has 1 aromatic carbocycles. The van der Waals surface area contributed by atoms with Crippen molar-refractivity contribution in [1.29, 1.82) is 0 Å². The Morgan fingerprint density at radius 1 is 1.25 bits per heavy atom. The molecule has 1 aliphatic heterocycles. The van der Waals surface area contributed by atoms with E-state index >= 15 is 0 Å². The first kappa shape index (κ1) is 14.2. The number of hydrogen-bond acceptors (Lipinski definition) is 3. The predicted molar refractivity (Wildman–Crippen MR) is 80.9 cm³/mol. The number of ether oxygens (including phenoxy) is 2. The van der Waals surface area contributed by atoms with Crippen molar-refractivity contribution in [2.45, 2.75) is 38.7 Å². The summed E-state index contributed by atoms with van der Waals surface area (Å²) in [6.45, 7) is 4.67. The number of morpholine rings is 1. The summed E-state index contributed by atoms with van der Waals surface area (Å²) in [5.74, 6) is 0.818. The van der Waals surface area contributed by atoms with Crippen LogP contribution in [0.1, 0.15) is 41.2 Å². The molecule has 0 spiro atoms. The van der Waals surface area contributed by atoms with Crippen molar-refractivity contribution >= 4 is 11.6 Å². The average Bonchev–Trinajstić information content (AvgIpc) is 2.51. The summed E-state index contributed by atoms with van der Waals surface area (Å²) in [4.78, 5) is 0. The quantitative estimate of drug-likeness (QED) is 0.909. The van der Waals surface area contributed by atoms with Gasteiger partial charge in [-0.05, 0) is 49.3 Å². The maximum Gasteiger partial charge on any atom is 0.143 e. The standard InChI is InChI=1S/C16H22ClNO2/c1-10-11-5-3-4-6-12(11)15(17)16(19-2)14(10)13-9-18-7-8-20-13/h13,18H,3-9H2,1-2H3. The van der Waals surface area contributed by atoms with Gasteiger partial charge in [-0.3, -0.25) is 0 Å². The van der Waals surface area contributed by atoms with Gasteiger partial charge < -0.3 is 14.8 Å². The fourth-order valence-corrected chi connectivity index (χ4v) is 3.88. The molecule has 1 fully saturated rings. The molecule has 1 aliphatic carbocycles. The first-order valence-corrected chi connectivity index (χ1v) is 7.81. The third kappa shape index (κ3) is 2.32. The maximum atomic E-state index is 6.62. The van der Waals surface area contributed by atoms with Crippen LogP contribution in [0.4, 0.5) is 0 Å². The van der Waals surface area contributed by atoms with Crippen LogP contribution in [0.2, 0.25) is 5.02 Å².